The van der Waals surface area contributed by atoms with Crippen molar-refractivity contribution in [3.8, 4) is 0 Å². The Morgan fingerprint density at radius 3 is 0.500 bits per heavy atom. The van der Waals surface area contributed by atoms with E-state index in [1.807, 2.05) is 0 Å². The van der Waals surface area contributed by atoms with Gasteiger partial charge in [0.25, 0.3) is 0 Å². The zero-order valence-electron chi connectivity index (χ0n) is 1.35. The summed E-state index contributed by atoms with van der Waals surface area (Å²) >= 11 is 0. The van der Waals surface area contributed by atoms with E-state index < -0.39 is 0 Å². The van der Waals surface area contributed by atoms with Crippen molar-refractivity contribution in [1.29, 1.82) is 0 Å². The van der Waals surface area contributed by atoms with Crippen molar-refractivity contribution < 1.29 is 67.1 Å². The Morgan fingerprint density at radius 2 is 0.500 bits per heavy atom. The Balaban J connectivity index is 0. The van der Waals surface area contributed by atoms with Gasteiger partial charge in [0.2, 0.25) is 0 Å². The van der Waals surface area contributed by atoms with Crippen molar-refractivity contribution in [2.75, 3.05) is 0 Å². The van der Waals surface area contributed by atoms with E-state index in [1.54, 1.807) is 0 Å². The summed E-state index contributed by atoms with van der Waals surface area (Å²) < 4.78 is 0. The van der Waals surface area contributed by atoms with Crippen LogP contribution in [-0.4, -0.2) is 24.4 Å². The maximum absolute atomic E-state index is 0. The molecule has 0 N–H and O–H groups in total. The molecule has 0 bridgehead atoms. The average molecular weight is 445 g/mol. The molecule has 3 radical (unpaired) electrons. The molecule has 4 heavy (non-hydrogen) atoms. The molecule has 0 heterocycles. The van der Waals surface area contributed by atoms with E-state index in [9.17, 15) is 0 Å². The van der Waals surface area contributed by atoms with Gasteiger partial charge >= 0.3 is 67.1 Å². The van der Waals surface area contributed by atoms with Gasteiger partial charge in [0.05, 0.1) is 0 Å². The third kappa shape index (κ3) is 8.90. The van der Waals surface area contributed by atoms with Gasteiger partial charge in [-0.1, -0.05) is 0 Å². The minimum absolute atomic E-state index is 0. The van der Waals surface area contributed by atoms with Crippen LogP contribution in [0.25, 0.3) is 0 Å². The summed E-state index contributed by atoms with van der Waals surface area (Å²) in [5.41, 5.74) is 0. The third-order valence-corrected chi connectivity index (χ3v) is 0. The van der Waals surface area contributed by atoms with Crippen molar-refractivity contribution in [2.24, 2.45) is 0 Å². The smallest absolute Gasteiger partial charge is 0 e. The molecule has 0 nitrogen and oxygen atoms in total. The van der Waals surface area contributed by atoms with Crippen molar-refractivity contribution in [2.45, 2.75) is 0 Å². The quantitative estimate of drug-likeness (QED) is 0.446. The van der Waals surface area contributed by atoms with Crippen LogP contribution < -0.4 is 0 Å². The van der Waals surface area contributed by atoms with Gasteiger partial charge in [-0.15, -0.1) is 0 Å². The molecule has 0 amide bonds. The van der Waals surface area contributed by atoms with Gasteiger partial charge in [-0.25, -0.2) is 0 Å². The largest absolute Gasteiger partial charge is 1.00 e. The van der Waals surface area contributed by atoms with Crippen molar-refractivity contribution in [3.05, 3.63) is 0 Å². The Morgan fingerprint density at radius 1 is 0.500 bits per heavy atom. The van der Waals surface area contributed by atoms with E-state index in [2.05, 4.69) is 0 Å². The molecular weight excluding hydrogens is 445 g/mol. The fourth-order valence-electron chi connectivity index (χ4n) is 0. The van der Waals surface area contributed by atoms with Crippen LogP contribution in [0, 0.1) is 0 Å². The normalized spacial score (nSPS) is 0. The predicted octanol–water partition coefficient (Wildman–Crippen LogP) is -0.388. The van der Waals surface area contributed by atoms with Crippen LogP contribution in [0.4, 0.5) is 0 Å². The minimum Gasteiger partial charge on any atom is 0 e. The molecule has 0 saturated carbocycles. The summed E-state index contributed by atoms with van der Waals surface area (Å²) in [6, 6.07) is 0. The maximum atomic E-state index is 0. The molecule has 0 rings (SSSR count). The fraction of sp³-hybridized carbons (Fsp3) is 0. The monoisotopic (exact) mass is 442 g/mol. The Bertz CT molecular complexity index is 3.25. The predicted molar refractivity (Wildman–Crippen MR) is 5.75 cm³/mol. The molecule has 0 aliphatic rings. The molecule has 0 saturated heterocycles. The first-order valence-electron chi connectivity index (χ1n) is 0. The summed E-state index contributed by atoms with van der Waals surface area (Å²) in [5.74, 6) is 0. The Hall–Kier alpha value is 3.04. The van der Waals surface area contributed by atoms with Gasteiger partial charge in [-0.3, -0.25) is 0 Å². The van der Waals surface area contributed by atoms with Gasteiger partial charge < -0.3 is 0 Å². The molecule has 4 heteroatoms. The second kappa shape index (κ2) is 16.6. The molecule has 0 atom stereocenters. The van der Waals surface area contributed by atoms with E-state index in [0.717, 1.165) is 0 Å². The fourth-order valence-corrected chi connectivity index (χ4v) is 0. The molecular formula is Ag3Sb+3. The zero-order chi connectivity index (χ0) is 0. The topological polar surface area (TPSA) is 0 Å². The van der Waals surface area contributed by atoms with E-state index in [1.165, 1.54) is 0 Å². The van der Waals surface area contributed by atoms with Crippen LogP contribution >= 0.6 is 0 Å². The maximum Gasteiger partial charge on any atom is 1.00 e. The van der Waals surface area contributed by atoms with E-state index in [4.69, 9.17) is 0 Å². The zero-order valence-corrected chi connectivity index (χ0v) is 8.35. The second-order valence-corrected chi connectivity index (χ2v) is 0. The third-order valence-electron chi connectivity index (χ3n) is 0. The summed E-state index contributed by atoms with van der Waals surface area (Å²) in [5, 5.41) is 0. The molecule has 0 aromatic heterocycles. The minimum atomic E-state index is 0. The van der Waals surface area contributed by atoms with Crippen molar-refractivity contribution >= 4 is 24.4 Å². The number of hydrogen-bond donors (Lipinski definition) is 0. The molecule has 0 spiro atoms. The summed E-state index contributed by atoms with van der Waals surface area (Å²) in [4.78, 5) is 0. The van der Waals surface area contributed by atoms with Crippen LogP contribution in [0.1, 0.15) is 0 Å². The Labute approximate surface area is 89.8 Å². The molecule has 0 fully saturated rings. The molecule has 0 aromatic carbocycles. The van der Waals surface area contributed by atoms with Crippen LogP contribution in [0.5, 0.6) is 0 Å². The van der Waals surface area contributed by atoms with Crippen molar-refractivity contribution in [1.82, 2.24) is 0 Å². The molecule has 0 aromatic rings. The van der Waals surface area contributed by atoms with E-state index in [-0.39, 0.29) is 91.6 Å². The molecule has 0 aliphatic carbocycles. The van der Waals surface area contributed by atoms with Crippen LogP contribution in [-0.2, 0) is 67.1 Å². The summed E-state index contributed by atoms with van der Waals surface area (Å²) in [6.45, 7) is 0. The first-order valence-corrected chi connectivity index (χ1v) is 0. The van der Waals surface area contributed by atoms with Crippen LogP contribution in [0.2, 0.25) is 0 Å². The molecule has 35 valence electrons. The van der Waals surface area contributed by atoms with Gasteiger partial charge in [-0.05, 0) is 0 Å². The number of rotatable bonds is 0. The average Bonchev–Trinajstić information content (AvgIpc) is 0. The van der Waals surface area contributed by atoms with Crippen LogP contribution in [0.3, 0.4) is 0 Å². The molecule has 0 unspecified atom stereocenters. The summed E-state index contributed by atoms with van der Waals surface area (Å²) in [6.07, 6.45) is 0. The van der Waals surface area contributed by atoms with Gasteiger partial charge in [0.1, 0.15) is 0 Å². The van der Waals surface area contributed by atoms with Gasteiger partial charge in [-0.2, -0.15) is 0 Å². The number of hydrogen-bond acceptors (Lipinski definition) is 0. The van der Waals surface area contributed by atoms with Crippen molar-refractivity contribution in [3.63, 3.8) is 0 Å². The summed E-state index contributed by atoms with van der Waals surface area (Å²) in [7, 11) is 0. The first kappa shape index (κ1) is 27.8. The van der Waals surface area contributed by atoms with Gasteiger partial charge in [0, 0.05) is 24.4 Å². The Kier molecular flexibility index (Phi) is 115. The second-order valence-electron chi connectivity index (χ2n) is 0. The molecule has 0 aliphatic heterocycles. The van der Waals surface area contributed by atoms with Crippen LogP contribution in [0.15, 0.2) is 0 Å². The van der Waals surface area contributed by atoms with Gasteiger partial charge in [0.15, 0.2) is 0 Å². The SMILES string of the molecule is [Ag+].[Ag+].[Ag+].[Sb]. The first-order chi connectivity index (χ1) is 0. The van der Waals surface area contributed by atoms with E-state index in [0.29, 0.717) is 0 Å². The standard InChI is InChI=1S/3Ag.Sb/q3*+1;. The van der Waals surface area contributed by atoms with E-state index >= 15 is 0 Å².